The van der Waals surface area contributed by atoms with Crippen LogP contribution in [0.5, 0.6) is 0 Å². The van der Waals surface area contributed by atoms with E-state index in [0.29, 0.717) is 12.8 Å². The molecule has 3 aliphatic heterocycles. The molecule has 2 amide bonds. The number of ether oxygens (including phenoxy) is 1. The molecule has 0 aliphatic carbocycles. The van der Waals surface area contributed by atoms with Crippen LogP contribution in [0.4, 0.5) is 5.69 Å². The normalized spacial score (nSPS) is 27.4. The molecule has 3 fully saturated rings. The fourth-order valence-corrected chi connectivity index (χ4v) is 8.69. The van der Waals surface area contributed by atoms with Crippen LogP contribution in [-0.2, 0) is 19.1 Å². The molecule has 1 N–H and O–H groups in total. The summed E-state index contributed by atoms with van der Waals surface area (Å²) in [6.45, 7) is 7.90. The van der Waals surface area contributed by atoms with Crippen molar-refractivity contribution in [3.05, 3.63) is 67.8 Å². The third kappa shape index (κ3) is 4.33. The van der Waals surface area contributed by atoms with E-state index in [9.17, 15) is 19.5 Å². The van der Waals surface area contributed by atoms with Gasteiger partial charge in [0.15, 0.2) is 0 Å². The number of unbranched alkanes of at least 4 members (excludes halogenated alkanes) is 1. The minimum absolute atomic E-state index is 0.0411. The Balaban J connectivity index is 1.49. The van der Waals surface area contributed by atoms with Gasteiger partial charge in [-0.2, -0.15) is 0 Å². The minimum atomic E-state index is -0.785. The highest BCUT2D eigenvalue weighted by atomic mass is 32.2. The first kappa shape index (κ1) is 26.5. The monoisotopic (exact) mass is 534 g/mol. The number of carbonyl (C=O) groups excluding carboxylic acids is 3. The smallest absolute Gasteiger partial charge is 0.310 e. The predicted molar refractivity (Wildman–Crippen MR) is 150 cm³/mol. The number of β-amino-alcohol motifs (C(OH)–C–C–N with tert-alkyl or cyclic N) is 1. The van der Waals surface area contributed by atoms with Crippen LogP contribution < -0.4 is 4.90 Å². The Hall–Kier alpha value is -3.10. The van der Waals surface area contributed by atoms with Crippen LogP contribution in [0.1, 0.15) is 25.7 Å². The van der Waals surface area contributed by atoms with Crippen molar-refractivity contribution in [2.75, 3.05) is 31.2 Å². The van der Waals surface area contributed by atoms with E-state index in [1.54, 1.807) is 28.8 Å². The average Bonchev–Trinajstić information content (AvgIpc) is 3.57. The van der Waals surface area contributed by atoms with Gasteiger partial charge in [0.05, 0.1) is 29.8 Å². The zero-order chi connectivity index (χ0) is 26.9. The average molecular weight is 535 g/mol. The van der Waals surface area contributed by atoms with Crippen molar-refractivity contribution in [2.45, 2.75) is 41.7 Å². The molecule has 2 unspecified atom stereocenters. The van der Waals surface area contributed by atoms with E-state index < -0.39 is 22.6 Å². The highest BCUT2D eigenvalue weighted by Crippen LogP contribution is 2.66. The summed E-state index contributed by atoms with van der Waals surface area (Å²) in [4.78, 5) is 44.7. The number of rotatable bonds is 11. The third-order valence-electron chi connectivity index (χ3n) is 8.07. The Morgan fingerprint density at radius 1 is 1.18 bits per heavy atom. The summed E-state index contributed by atoms with van der Waals surface area (Å²) in [5.41, 5.74) is 0.723. The second-order valence-corrected chi connectivity index (χ2v) is 11.8. The van der Waals surface area contributed by atoms with E-state index in [0.717, 1.165) is 29.3 Å². The maximum atomic E-state index is 14.4. The van der Waals surface area contributed by atoms with Gasteiger partial charge in [0, 0.05) is 24.0 Å². The van der Waals surface area contributed by atoms with E-state index in [1.807, 2.05) is 42.5 Å². The maximum absolute atomic E-state index is 14.4. The SMILES string of the molecule is C=CCCCOC(=O)[C@@H]1[C@@H]2CCC3(S2)C(C(=O)N(CC=C)c2ccc4ccccc4c2)N(CCO)C(=O)[C@H]13. The Morgan fingerprint density at radius 3 is 2.71 bits per heavy atom. The lowest BCUT2D eigenvalue weighted by molar-refractivity contribution is -0.154. The van der Waals surface area contributed by atoms with Gasteiger partial charge in [0.2, 0.25) is 5.91 Å². The van der Waals surface area contributed by atoms with Crippen LogP contribution in [-0.4, -0.2) is 70.1 Å². The van der Waals surface area contributed by atoms with Crippen molar-refractivity contribution < 1.29 is 24.2 Å². The number of aliphatic hydroxyl groups is 1. The molecule has 5 atom stereocenters. The number of hydrogen-bond acceptors (Lipinski definition) is 6. The summed E-state index contributed by atoms with van der Waals surface area (Å²) in [5, 5.41) is 11.9. The van der Waals surface area contributed by atoms with Gasteiger partial charge in [-0.1, -0.05) is 42.5 Å². The van der Waals surface area contributed by atoms with Gasteiger partial charge in [-0.15, -0.1) is 24.9 Å². The summed E-state index contributed by atoms with van der Waals surface area (Å²) in [7, 11) is 0. The molecule has 3 aliphatic rings. The van der Waals surface area contributed by atoms with E-state index >= 15 is 0 Å². The molecule has 200 valence electrons. The van der Waals surface area contributed by atoms with E-state index in [2.05, 4.69) is 13.2 Å². The van der Waals surface area contributed by atoms with Crippen LogP contribution in [0.3, 0.4) is 0 Å². The number of fused-ring (bicyclic) bond motifs is 2. The predicted octanol–water partition coefficient (Wildman–Crippen LogP) is 3.95. The molecular formula is C30H34N2O5S. The van der Waals surface area contributed by atoms with Crippen LogP contribution in [0.25, 0.3) is 10.8 Å². The fraction of sp³-hybridized carbons (Fsp3) is 0.433. The highest BCUT2D eigenvalue weighted by molar-refractivity contribution is 8.02. The number of carbonyl (C=O) groups is 3. The van der Waals surface area contributed by atoms with E-state index in [1.165, 1.54) is 4.90 Å². The molecule has 2 aromatic rings. The van der Waals surface area contributed by atoms with Gasteiger partial charge in [0.25, 0.3) is 5.91 Å². The number of allylic oxidation sites excluding steroid dienone is 1. The summed E-state index contributed by atoms with van der Waals surface area (Å²) in [6, 6.07) is 13.0. The third-order valence-corrected chi connectivity index (χ3v) is 10.0. The van der Waals surface area contributed by atoms with Gasteiger partial charge < -0.3 is 19.6 Å². The maximum Gasteiger partial charge on any atom is 0.310 e. The Morgan fingerprint density at radius 2 is 1.97 bits per heavy atom. The fourth-order valence-electron chi connectivity index (χ4n) is 6.49. The number of aliphatic hydroxyl groups excluding tert-OH is 1. The first-order valence-electron chi connectivity index (χ1n) is 13.2. The second kappa shape index (κ2) is 10.9. The van der Waals surface area contributed by atoms with Gasteiger partial charge >= 0.3 is 5.97 Å². The molecule has 0 aromatic heterocycles. The standard InChI is InChI=1S/C30H34N2O5S/c1-3-5-8-18-37-29(36)24-23-13-14-30(38-23)25(24)27(34)32(16-17-33)26(30)28(35)31(15-4-2)22-12-11-20-9-6-7-10-21(20)19-22/h3-4,6-7,9-12,19,23-26,33H,1-2,5,8,13-18H2/t23-,24+,25-,26?,30?/m0/s1. The molecule has 7 nitrogen and oxygen atoms in total. The van der Waals surface area contributed by atoms with Crippen LogP contribution in [0.2, 0.25) is 0 Å². The molecule has 8 heteroatoms. The summed E-state index contributed by atoms with van der Waals surface area (Å²) >= 11 is 1.60. The molecule has 3 heterocycles. The number of thioether (sulfide) groups is 1. The minimum Gasteiger partial charge on any atom is -0.465 e. The van der Waals surface area contributed by atoms with Crippen molar-refractivity contribution >= 4 is 46.0 Å². The van der Waals surface area contributed by atoms with Gasteiger partial charge in [-0.25, -0.2) is 0 Å². The topological polar surface area (TPSA) is 87.2 Å². The lowest BCUT2D eigenvalue weighted by Gasteiger charge is -2.37. The highest BCUT2D eigenvalue weighted by Gasteiger charge is 2.74. The van der Waals surface area contributed by atoms with Gasteiger partial charge in [0.1, 0.15) is 6.04 Å². The zero-order valence-electron chi connectivity index (χ0n) is 21.5. The molecule has 0 saturated carbocycles. The van der Waals surface area contributed by atoms with Gasteiger partial charge in [-0.3, -0.25) is 14.4 Å². The number of benzene rings is 2. The second-order valence-electron chi connectivity index (χ2n) is 10.2. The Bertz CT molecular complexity index is 1260. The van der Waals surface area contributed by atoms with Gasteiger partial charge in [-0.05, 0) is 48.6 Å². The number of nitrogens with zero attached hydrogens (tertiary/aromatic N) is 2. The molecule has 2 aromatic carbocycles. The lowest BCUT2D eigenvalue weighted by atomic mass is 9.71. The largest absolute Gasteiger partial charge is 0.465 e. The lowest BCUT2D eigenvalue weighted by Crippen LogP contribution is -2.55. The van der Waals surface area contributed by atoms with Crippen LogP contribution in [0, 0.1) is 11.8 Å². The molecule has 38 heavy (non-hydrogen) atoms. The molecule has 3 saturated heterocycles. The molecular weight excluding hydrogens is 500 g/mol. The summed E-state index contributed by atoms with van der Waals surface area (Å²) < 4.78 is 4.87. The van der Waals surface area contributed by atoms with Crippen molar-refractivity contribution in [3.8, 4) is 0 Å². The number of amides is 2. The number of hydrogen-bond donors (Lipinski definition) is 1. The molecule has 1 spiro atoms. The summed E-state index contributed by atoms with van der Waals surface area (Å²) in [6.07, 6.45) is 6.30. The van der Waals surface area contributed by atoms with Crippen molar-refractivity contribution in [2.24, 2.45) is 11.8 Å². The number of esters is 1. The first-order chi connectivity index (χ1) is 18.5. The Kier molecular flexibility index (Phi) is 7.63. The van der Waals surface area contributed by atoms with Crippen molar-refractivity contribution in [3.63, 3.8) is 0 Å². The van der Waals surface area contributed by atoms with Crippen LogP contribution >= 0.6 is 11.8 Å². The number of anilines is 1. The zero-order valence-corrected chi connectivity index (χ0v) is 22.3. The number of likely N-dealkylation sites (tertiary alicyclic amines) is 1. The molecule has 0 radical (unpaired) electrons. The van der Waals surface area contributed by atoms with Crippen LogP contribution in [0.15, 0.2) is 67.8 Å². The van der Waals surface area contributed by atoms with Crippen molar-refractivity contribution in [1.82, 2.24) is 4.90 Å². The summed E-state index contributed by atoms with van der Waals surface area (Å²) in [5.74, 6) is -2.03. The first-order valence-corrected chi connectivity index (χ1v) is 14.1. The van der Waals surface area contributed by atoms with E-state index in [4.69, 9.17) is 4.74 Å². The van der Waals surface area contributed by atoms with Crippen molar-refractivity contribution in [1.29, 1.82) is 0 Å². The quantitative estimate of drug-likeness (QED) is 0.267. The molecule has 2 bridgehead atoms. The molecule has 5 rings (SSSR count). The van der Waals surface area contributed by atoms with E-state index in [-0.39, 0.29) is 49.3 Å². The Labute approximate surface area is 227 Å².